The minimum atomic E-state index is -5.04. The molecular weight excluding hydrogens is 374 g/mol. The van der Waals surface area contributed by atoms with E-state index in [4.69, 9.17) is 5.26 Å². The largest absolute Gasteiger partial charge is 0.418 e. The van der Waals surface area contributed by atoms with Crippen LogP contribution in [0.3, 0.4) is 0 Å². The fraction of sp³-hybridized carbons (Fsp3) is 0.333. The lowest BCUT2D eigenvalue weighted by atomic mass is 9.72. The van der Waals surface area contributed by atoms with Crippen LogP contribution in [-0.2, 0) is 12.6 Å². The summed E-state index contributed by atoms with van der Waals surface area (Å²) in [5, 5.41) is 8.92. The van der Waals surface area contributed by atoms with Crippen molar-refractivity contribution in [2.75, 3.05) is 0 Å². The molecule has 0 saturated carbocycles. The molecule has 0 amide bonds. The average Bonchev–Trinajstić information content (AvgIpc) is 2.92. The molecule has 0 bridgehead atoms. The van der Waals surface area contributed by atoms with Crippen molar-refractivity contribution in [1.82, 2.24) is 4.57 Å². The number of nitriles is 1. The monoisotopic (exact) mass is 386 g/mol. The summed E-state index contributed by atoms with van der Waals surface area (Å²) in [6, 6.07) is 4.56. The zero-order valence-corrected chi connectivity index (χ0v) is 14.1. The Morgan fingerprint density at radius 3 is 2.41 bits per heavy atom. The van der Waals surface area contributed by atoms with E-state index in [9.17, 15) is 31.1 Å². The number of benzene rings is 1. The topological polar surface area (TPSA) is 45.8 Å². The number of rotatable bonds is 1. The third kappa shape index (κ3) is 2.71. The average molecular weight is 386 g/mol. The van der Waals surface area contributed by atoms with E-state index >= 15 is 0 Å². The quantitative estimate of drug-likeness (QED) is 0.654. The van der Waals surface area contributed by atoms with Crippen molar-refractivity contribution in [3.05, 3.63) is 52.6 Å². The third-order valence-corrected chi connectivity index (χ3v) is 4.73. The van der Waals surface area contributed by atoms with Crippen LogP contribution < -0.4 is 0 Å². The van der Waals surface area contributed by atoms with Crippen molar-refractivity contribution in [2.24, 2.45) is 5.41 Å². The van der Waals surface area contributed by atoms with E-state index in [1.165, 1.54) is 0 Å². The Morgan fingerprint density at radius 2 is 1.85 bits per heavy atom. The van der Waals surface area contributed by atoms with Gasteiger partial charge in [0.1, 0.15) is 11.9 Å². The van der Waals surface area contributed by atoms with Crippen LogP contribution in [0, 0.1) is 22.6 Å². The molecule has 3 rings (SSSR count). The summed E-state index contributed by atoms with van der Waals surface area (Å²) in [6.07, 6.45) is -5.02. The zero-order valence-electron chi connectivity index (χ0n) is 14.1. The summed E-state index contributed by atoms with van der Waals surface area (Å²) in [7, 11) is 0. The van der Waals surface area contributed by atoms with Gasteiger partial charge in [-0.1, -0.05) is 13.8 Å². The van der Waals surface area contributed by atoms with Crippen molar-refractivity contribution in [3.63, 3.8) is 0 Å². The number of nitrogens with zero attached hydrogens (tertiary/aromatic N) is 2. The van der Waals surface area contributed by atoms with Crippen molar-refractivity contribution in [3.8, 4) is 11.8 Å². The number of aromatic nitrogens is 1. The standard InChI is InChI=1S/C18H12F6N2O/c1-16(2)6-13-14(15(27)17(16,20)21)11(18(22,23)24)8-26(13)10-3-4-12(19)9(5-10)7-25/h3-5,8H,6H2,1-2H3. The van der Waals surface area contributed by atoms with E-state index < -0.39 is 52.2 Å². The Morgan fingerprint density at radius 1 is 1.22 bits per heavy atom. The molecule has 1 aliphatic carbocycles. The Labute approximate surface area is 149 Å². The van der Waals surface area contributed by atoms with Gasteiger partial charge in [-0.15, -0.1) is 0 Å². The highest BCUT2D eigenvalue weighted by Gasteiger charge is 2.59. The Kier molecular flexibility index (Phi) is 3.96. The van der Waals surface area contributed by atoms with Crippen molar-refractivity contribution < 1.29 is 31.1 Å². The van der Waals surface area contributed by atoms with Gasteiger partial charge >= 0.3 is 12.1 Å². The zero-order chi connectivity index (χ0) is 20.4. The second-order valence-electron chi connectivity index (χ2n) is 6.97. The fourth-order valence-electron chi connectivity index (χ4n) is 3.16. The lowest BCUT2D eigenvalue weighted by molar-refractivity contribution is -0.138. The third-order valence-electron chi connectivity index (χ3n) is 4.73. The highest BCUT2D eigenvalue weighted by molar-refractivity contribution is 6.05. The Bertz CT molecular complexity index is 995. The minimum Gasteiger partial charge on any atom is -0.319 e. The van der Waals surface area contributed by atoms with Crippen molar-refractivity contribution >= 4 is 5.78 Å². The molecule has 0 fully saturated rings. The maximum Gasteiger partial charge on any atom is 0.418 e. The molecule has 0 atom stereocenters. The van der Waals surface area contributed by atoms with Gasteiger partial charge < -0.3 is 4.57 Å². The molecule has 1 aromatic carbocycles. The number of hydrogen-bond acceptors (Lipinski definition) is 2. The predicted molar refractivity (Wildman–Crippen MR) is 82.2 cm³/mol. The molecule has 142 valence electrons. The summed E-state index contributed by atoms with van der Waals surface area (Å²) in [4.78, 5) is 12.3. The molecule has 0 N–H and O–H groups in total. The van der Waals surface area contributed by atoms with Crippen LogP contribution in [0.2, 0.25) is 0 Å². The lowest BCUT2D eigenvalue weighted by Gasteiger charge is -2.37. The maximum atomic E-state index is 14.4. The first kappa shape index (κ1) is 19.0. The summed E-state index contributed by atoms with van der Waals surface area (Å²) in [6.45, 7) is 2.17. The molecule has 0 radical (unpaired) electrons. The van der Waals surface area contributed by atoms with Gasteiger partial charge in [0.2, 0.25) is 5.78 Å². The van der Waals surface area contributed by atoms with E-state index in [1.807, 2.05) is 0 Å². The molecular formula is C18H12F6N2O. The summed E-state index contributed by atoms with van der Waals surface area (Å²) >= 11 is 0. The Balaban J connectivity index is 2.35. The van der Waals surface area contributed by atoms with Crippen molar-refractivity contribution in [1.29, 1.82) is 5.26 Å². The molecule has 0 spiro atoms. The van der Waals surface area contributed by atoms with Gasteiger partial charge in [0.05, 0.1) is 16.7 Å². The number of fused-ring (bicyclic) bond motifs is 1. The minimum absolute atomic E-state index is 0.0338. The van der Waals surface area contributed by atoms with E-state index in [2.05, 4.69) is 0 Å². The molecule has 1 aromatic heterocycles. The fourth-order valence-corrected chi connectivity index (χ4v) is 3.16. The number of carbonyl (C=O) groups excluding carboxylic acids is 1. The normalized spacial score (nSPS) is 18.1. The second-order valence-corrected chi connectivity index (χ2v) is 6.97. The first-order valence-electron chi connectivity index (χ1n) is 7.75. The van der Waals surface area contributed by atoms with Crippen LogP contribution in [0.5, 0.6) is 0 Å². The smallest absolute Gasteiger partial charge is 0.319 e. The number of hydrogen-bond donors (Lipinski definition) is 0. The summed E-state index contributed by atoms with van der Waals surface area (Å²) < 4.78 is 83.5. The molecule has 1 heterocycles. The van der Waals surface area contributed by atoms with Crippen molar-refractivity contribution in [2.45, 2.75) is 32.4 Å². The second kappa shape index (κ2) is 5.62. The number of alkyl halides is 5. The SMILES string of the molecule is CC1(C)Cc2c(c(C(F)(F)F)cn2-c2ccc(F)c(C#N)c2)C(=O)C1(F)F. The first-order chi connectivity index (χ1) is 12.3. The van der Waals surface area contributed by atoms with Gasteiger partial charge in [0.15, 0.2) is 0 Å². The van der Waals surface area contributed by atoms with Crippen LogP contribution in [0.25, 0.3) is 5.69 Å². The summed E-state index contributed by atoms with van der Waals surface area (Å²) in [5.41, 5.74) is -5.20. The van der Waals surface area contributed by atoms with E-state index in [0.29, 0.717) is 6.20 Å². The number of Topliss-reactive ketones (excluding diaryl/α,β-unsaturated/α-hetero) is 1. The molecule has 0 aliphatic heterocycles. The van der Waals surface area contributed by atoms with Crippen LogP contribution in [0.15, 0.2) is 24.4 Å². The van der Waals surface area contributed by atoms with Crippen LogP contribution >= 0.6 is 0 Å². The lowest BCUT2D eigenvalue weighted by Crippen LogP contribution is -2.49. The Hall–Kier alpha value is -2.76. The van der Waals surface area contributed by atoms with E-state index in [0.717, 1.165) is 36.6 Å². The molecule has 0 saturated heterocycles. The van der Waals surface area contributed by atoms with E-state index in [1.54, 1.807) is 6.07 Å². The van der Waals surface area contributed by atoms with Gasteiger partial charge in [0, 0.05) is 29.4 Å². The van der Waals surface area contributed by atoms with Gasteiger partial charge in [-0.3, -0.25) is 4.79 Å². The van der Waals surface area contributed by atoms with Crippen LogP contribution in [0.4, 0.5) is 26.3 Å². The maximum absolute atomic E-state index is 14.4. The molecule has 2 aromatic rings. The van der Waals surface area contributed by atoms with Gasteiger partial charge in [-0.05, 0) is 18.2 Å². The summed E-state index contributed by atoms with van der Waals surface area (Å²) in [5.74, 6) is -6.75. The first-order valence-corrected chi connectivity index (χ1v) is 7.75. The predicted octanol–water partition coefficient (Wildman–Crippen LogP) is 4.91. The molecule has 27 heavy (non-hydrogen) atoms. The van der Waals surface area contributed by atoms with Crippen LogP contribution in [-0.4, -0.2) is 16.3 Å². The van der Waals surface area contributed by atoms with Gasteiger partial charge in [0.25, 0.3) is 0 Å². The molecule has 9 heteroatoms. The van der Waals surface area contributed by atoms with Crippen LogP contribution in [0.1, 0.15) is 41.0 Å². The highest BCUT2D eigenvalue weighted by atomic mass is 19.4. The number of ketones is 1. The van der Waals surface area contributed by atoms with E-state index in [-0.39, 0.29) is 11.4 Å². The number of halogens is 6. The highest BCUT2D eigenvalue weighted by Crippen LogP contribution is 2.50. The molecule has 0 unspecified atom stereocenters. The van der Waals surface area contributed by atoms with Gasteiger partial charge in [-0.2, -0.15) is 27.2 Å². The molecule has 1 aliphatic rings. The molecule has 3 nitrogen and oxygen atoms in total. The number of carbonyl (C=O) groups is 1. The van der Waals surface area contributed by atoms with Gasteiger partial charge in [-0.25, -0.2) is 4.39 Å².